The first kappa shape index (κ1) is 9.66. The maximum atomic E-state index is 11.0. The van der Waals surface area contributed by atoms with E-state index < -0.39 is 6.09 Å². The SMILES string of the molecule is O=C(O)NCSc1cccc[n+]1[O-]. The van der Waals surface area contributed by atoms with Crippen LogP contribution >= 0.6 is 11.8 Å². The molecule has 5 nitrogen and oxygen atoms in total. The van der Waals surface area contributed by atoms with Crippen molar-refractivity contribution in [2.75, 3.05) is 5.88 Å². The Kier molecular flexibility index (Phi) is 3.39. The van der Waals surface area contributed by atoms with Crippen LogP contribution in [0.2, 0.25) is 0 Å². The minimum Gasteiger partial charge on any atom is -0.618 e. The average molecular weight is 200 g/mol. The van der Waals surface area contributed by atoms with Crippen LogP contribution in [0.25, 0.3) is 0 Å². The van der Waals surface area contributed by atoms with Crippen molar-refractivity contribution in [2.24, 2.45) is 0 Å². The molecule has 0 saturated heterocycles. The lowest BCUT2D eigenvalue weighted by atomic mass is 10.5. The molecule has 0 bridgehead atoms. The zero-order valence-corrected chi connectivity index (χ0v) is 7.45. The van der Waals surface area contributed by atoms with E-state index in [9.17, 15) is 10.0 Å². The van der Waals surface area contributed by atoms with E-state index in [0.29, 0.717) is 9.76 Å². The van der Waals surface area contributed by atoms with Gasteiger partial charge in [-0.1, -0.05) is 0 Å². The molecule has 6 heteroatoms. The molecule has 1 heterocycles. The fourth-order valence-corrected chi connectivity index (χ4v) is 1.40. The fraction of sp³-hybridized carbons (Fsp3) is 0.143. The summed E-state index contributed by atoms with van der Waals surface area (Å²) in [6.45, 7) is 0. The Balaban J connectivity index is 2.45. The van der Waals surface area contributed by atoms with E-state index in [1.54, 1.807) is 18.2 Å². The third kappa shape index (κ3) is 3.20. The lowest BCUT2D eigenvalue weighted by Crippen LogP contribution is -2.29. The Labute approximate surface area is 79.0 Å². The van der Waals surface area contributed by atoms with Crippen LogP contribution in [0.15, 0.2) is 29.4 Å². The second-order valence-corrected chi connectivity index (χ2v) is 3.13. The predicted octanol–water partition coefficient (Wildman–Crippen LogP) is 0.637. The van der Waals surface area contributed by atoms with Gasteiger partial charge >= 0.3 is 6.09 Å². The molecular formula is C7H8N2O3S. The molecule has 1 aromatic rings. The second kappa shape index (κ2) is 4.56. The van der Waals surface area contributed by atoms with Crippen LogP contribution in [-0.2, 0) is 0 Å². The third-order valence-corrected chi connectivity index (χ3v) is 2.13. The summed E-state index contributed by atoms with van der Waals surface area (Å²) in [7, 11) is 0. The molecule has 0 spiro atoms. The summed E-state index contributed by atoms with van der Waals surface area (Å²) >= 11 is 1.13. The van der Waals surface area contributed by atoms with Gasteiger partial charge in [0.2, 0.25) is 0 Å². The normalized spacial score (nSPS) is 9.54. The average Bonchev–Trinajstić information content (AvgIpc) is 2.08. The number of aromatic nitrogens is 1. The maximum absolute atomic E-state index is 11.0. The fourth-order valence-electron chi connectivity index (χ4n) is 0.696. The van der Waals surface area contributed by atoms with Crippen molar-refractivity contribution in [3.63, 3.8) is 0 Å². The highest BCUT2D eigenvalue weighted by atomic mass is 32.2. The van der Waals surface area contributed by atoms with Crippen LogP contribution in [0.5, 0.6) is 0 Å². The minimum atomic E-state index is -1.10. The lowest BCUT2D eigenvalue weighted by molar-refractivity contribution is -0.645. The summed E-state index contributed by atoms with van der Waals surface area (Å²) in [6, 6.07) is 4.96. The number of carbonyl (C=O) groups is 1. The molecule has 1 aromatic heterocycles. The first-order chi connectivity index (χ1) is 6.20. The molecule has 13 heavy (non-hydrogen) atoms. The van der Waals surface area contributed by atoms with Gasteiger partial charge in [-0.05, 0) is 17.8 Å². The van der Waals surface area contributed by atoms with Crippen LogP contribution in [0.1, 0.15) is 0 Å². The van der Waals surface area contributed by atoms with Gasteiger partial charge in [0.15, 0.2) is 6.20 Å². The predicted molar refractivity (Wildman–Crippen MR) is 47.3 cm³/mol. The topological polar surface area (TPSA) is 76.3 Å². The molecule has 0 atom stereocenters. The Bertz CT molecular complexity index is 306. The van der Waals surface area contributed by atoms with Crippen LogP contribution in [0.3, 0.4) is 0 Å². The highest BCUT2D eigenvalue weighted by Crippen LogP contribution is 2.09. The zero-order valence-electron chi connectivity index (χ0n) is 6.64. The summed E-state index contributed by atoms with van der Waals surface area (Å²) in [4.78, 5) is 10.1. The number of hydrogen-bond donors (Lipinski definition) is 2. The Morgan fingerprint density at radius 2 is 2.46 bits per heavy atom. The number of nitrogens with one attached hydrogen (secondary N) is 1. The zero-order chi connectivity index (χ0) is 9.68. The standard InChI is InChI=1S/C7H8N2O3S/c10-7(11)8-5-13-6-3-1-2-4-9(6)12/h1-4,8H,5H2,(H,10,11). The van der Waals surface area contributed by atoms with Gasteiger partial charge in [0.25, 0.3) is 5.03 Å². The van der Waals surface area contributed by atoms with Crippen LogP contribution in [0, 0.1) is 5.21 Å². The van der Waals surface area contributed by atoms with E-state index >= 15 is 0 Å². The summed E-state index contributed by atoms with van der Waals surface area (Å²) in [5.41, 5.74) is 0. The first-order valence-corrected chi connectivity index (χ1v) is 4.46. The molecule has 70 valence electrons. The van der Waals surface area contributed by atoms with E-state index in [-0.39, 0.29) is 5.88 Å². The maximum Gasteiger partial charge on any atom is 0.405 e. The van der Waals surface area contributed by atoms with Crippen molar-refractivity contribution in [1.29, 1.82) is 0 Å². The Hall–Kier alpha value is -1.43. The summed E-state index contributed by atoms with van der Waals surface area (Å²) in [6.07, 6.45) is 0.268. The van der Waals surface area contributed by atoms with E-state index in [1.165, 1.54) is 6.20 Å². The quantitative estimate of drug-likeness (QED) is 0.325. The van der Waals surface area contributed by atoms with Crippen molar-refractivity contribution in [1.82, 2.24) is 5.32 Å². The monoisotopic (exact) mass is 200 g/mol. The van der Waals surface area contributed by atoms with E-state index in [4.69, 9.17) is 5.11 Å². The van der Waals surface area contributed by atoms with Crippen molar-refractivity contribution < 1.29 is 14.6 Å². The van der Waals surface area contributed by atoms with Crippen LogP contribution < -0.4 is 10.0 Å². The first-order valence-electron chi connectivity index (χ1n) is 3.48. The van der Waals surface area contributed by atoms with Gasteiger partial charge in [0.05, 0.1) is 5.88 Å². The number of nitrogens with zero attached hydrogens (tertiary/aromatic N) is 1. The van der Waals surface area contributed by atoms with Gasteiger partial charge < -0.3 is 15.6 Å². The molecule has 1 amide bonds. The highest BCUT2D eigenvalue weighted by Gasteiger charge is 2.03. The van der Waals surface area contributed by atoms with Gasteiger partial charge in [0.1, 0.15) is 0 Å². The molecule has 2 N–H and O–H groups in total. The molecule has 0 aromatic carbocycles. The number of rotatable bonds is 3. The largest absolute Gasteiger partial charge is 0.618 e. The summed E-state index contributed by atoms with van der Waals surface area (Å²) in [5, 5.41) is 21.9. The highest BCUT2D eigenvalue weighted by molar-refractivity contribution is 7.99. The molecule has 0 aliphatic heterocycles. The van der Waals surface area contributed by atoms with Gasteiger partial charge in [-0.15, -0.1) is 0 Å². The lowest BCUT2D eigenvalue weighted by Gasteiger charge is -2.02. The number of carboxylic acid groups (broad SMARTS) is 1. The van der Waals surface area contributed by atoms with Gasteiger partial charge in [-0.25, -0.2) is 4.79 Å². The van der Waals surface area contributed by atoms with Crippen LogP contribution in [-0.4, -0.2) is 17.1 Å². The summed E-state index contributed by atoms with van der Waals surface area (Å²) in [5.74, 6) is 0.168. The van der Waals surface area contributed by atoms with Crippen molar-refractivity contribution in [3.05, 3.63) is 29.6 Å². The summed E-state index contributed by atoms with van der Waals surface area (Å²) < 4.78 is 0.689. The van der Waals surface area contributed by atoms with Gasteiger partial charge in [0, 0.05) is 12.1 Å². The Morgan fingerprint density at radius 1 is 1.69 bits per heavy atom. The molecule has 0 saturated carbocycles. The van der Waals surface area contributed by atoms with Crippen molar-refractivity contribution in [2.45, 2.75) is 5.03 Å². The molecule has 0 radical (unpaired) electrons. The Morgan fingerprint density at radius 3 is 3.08 bits per heavy atom. The molecule has 0 aliphatic carbocycles. The number of pyridine rings is 1. The molecule has 0 aliphatic rings. The number of hydrogen-bond acceptors (Lipinski definition) is 3. The van der Waals surface area contributed by atoms with Crippen molar-refractivity contribution >= 4 is 17.9 Å². The minimum absolute atomic E-state index is 0.168. The number of amides is 1. The smallest absolute Gasteiger partial charge is 0.405 e. The molecule has 0 unspecified atom stereocenters. The third-order valence-electron chi connectivity index (χ3n) is 1.23. The second-order valence-electron chi connectivity index (χ2n) is 2.14. The van der Waals surface area contributed by atoms with E-state index in [1.807, 2.05) is 0 Å². The molecule has 1 rings (SSSR count). The van der Waals surface area contributed by atoms with Crippen LogP contribution in [0.4, 0.5) is 4.79 Å². The van der Waals surface area contributed by atoms with E-state index in [0.717, 1.165) is 11.8 Å². The van der Waals surface area contributed by atoms with Gasteiger partial charge in [-0.2, -0.15) is 4.73 Å². The van der Waals surface area contributed by atoms with Gasteiger partial charge in [-0.3, -0.25) is 0 Å². The number of thioether (sulfide) groups is 1. The van der Waals surface area contributed by atoms with Crippen molar-refractivity contribution in [3.8, 4) is 0 Å². The van der Waals surface area contributed by atoms with E-state index in [2.05, 4.69) is 5.32 Å². The molecular weight excluding hydrogens is 192 g/mol. The molecule has 0 fully saturated rings.